The Kier molecular flexibility index (Phi) is 3.03. The van der Waals surface area contributed by atoms with Crippen LogP contribution in [0.15, 0.2) is 28.7 Å². The minimum absolute atomic E-state index is 0.0823. The molecule has 0 saturated heterocycles. The molecule has 6 nitrogen and oxygen atoms in total. The van der Waals surface area contributed by atoms with Crippen LogP contribution in [-0.2, 0) is 0 Å². The van der Waals surface area contributed by atoms with Gasteiger partial charge in [0.15, 0.2) is 12.0 Å². The van der Waals surface area contributed by atoms with E-state index in [-0.39, 0.29) is 27.9 Å². The molecule has 2 rings (SSSR count). The number of phenolic OH excluding ortho intramolecular Hbond substituents is 1. The molecule has 1 heterocycles. The summed E-state index contributed by atoms with van der Waals surface area (Å²) in [4.78, 5) is 20.4. The number of nitro benzene ring substituents is 1. The monoisotopic (exact) mass is 267 g/mol. The molecule has 1 aromatic carbocycles. The molecule has 1 N–H and O–H groups in total. The molecule has 0 radical (unpaired) electrons. The van der Waals surface area contributed by atoms with Crippen LogP contribution in [0.1, 0.15) is 10.6 Å². The highest BCUT2D eigenvalue weighted by molar-refractivity contribution is 6.33. The number of furan rings is 1. The Morgan fingerprint density at radius 1 is 1.39 bits per heavy atom. The van der Waals surface area contributed by atoms with Crippen molar-refractivity contribution in [2.45, 2.75) is 0 Å². The lowest BCUT2D eigenvalue weighted by atomic mass is 10.1. The summed E-state index contributed by atoms with van der Waals surface area (Å²) in [5.41, 5.74) is -0.223. The number of halogens is 1. The van der Waals surface area contributed by atoms with Gasteiger partial charge in [-0.1, -0.05) is 11.6 Å². The first-order valence-electron chi connectivity index (χ1n) is 4.75. The van der Waals surface area contributed by atoms with Gasteiger partial charge in [-0.3, -0.25) is 14.9 Å². The van der Waals surface area contributed by atoms with Crippen LogP contribution in [0.5, 0.6) is 5.75 Å². The number of aromatic hydroxyl groups is 1. The van der Waals surface area contributed by atoms with Gasteiger partial charge in [-0.05, 0) is 18.2 Å². The average Bonchev–Trinajstić information content (AvgIpc) is 2.79. The summed E-state index contributed by atoms with van der Waals surface area (Å²) >= 11 is 5.72. The van der Waals surface area contributed by atoms with Crippen LogP contribution < -0.4 is 0 Å². The molecule has 0 bridgehead atoms. The van der Waals surface area contributed by atoms with Crippen molar-refractivity contribution >= 4 is 23.6 Å². The van der Waals surface area contributed by atoms with Crippen LogP contribution in [0.3, 0.4) is 0 Å². The second-order valence-corrected chi connectivity index (χ2v) is 3.80. The predicted octanol–water partition coefficient (Wildman–Crippen LogP) is 3.03. The minimum atomic E-state index is -0.704. The van der Waals surface area contributed by atoms with E-state index in [1.54, 1.807) is 0 Å². The van der Waals surface area contributed by atoms with Crippen LogP contribution in [0, 0.1) is 10.1 Å². The van der Waals surface area contributed by atoms with Crippen molar-refractivity contribution < 1.29 is 19.2 Å². The Labute approximate surface area is 106 Å². The van der Waals surface area contributed by atoms with Crippen molar-refractivity contribution in [3.63, 3.8) is 0 Å². The van der Waals surface area contributed by atoms with E-state index in [0.717, 1.165) is 6.07 Å². The molecule has 18 heavy (non-hydrogen) atoms. The Morgan fingerprint density at radius 2 is 2.11 bits per heavy atom. The molecule has 0 atom stereocenters. The van der Waals surface area contributed by atoms with Gasteiger partial charge < -0.3 is 9.52 Å². The molecule has 7 heteroatoms. The quantitative estimate of drug-likeness (QED) is 0.524. The van der Waals surface area contributed by atoms with Gasteiger partial charge in [-0.15, -0.1) is 0 Å². The summed E-state index contributed by atoms with van der Waals surface area (Å²) in [6.07, 6.45) is 0.507. The summed E-state index contributed by atoms with van der Waals surface area (Å²) in [5.74, 6) is -0.0665. The molecule has 0 saturated carbocycles. The highest BCUT2D eigenvalue weighted by Crippen LogP contribution is 2.38. The molecule has 0 aliphatic rings. The molecule has 2 aromatic rings. The number of nitrogens with zero attached hydrogens (tertiary/aromatic N) is 1. The fourth-order valence-corrected chi connectivity index (χ4v) is 1.68. The number of phenols is 1. The highest BCUT2D eigenvalue weighted by atomic mass is 35.5. The van der Waals surface area contributed by atoms with Crippen molar-refractivity contribution in [3.8, 4) is 17.1 Å². The van der Waals surface area contributed by atoms with E-state index in [1.807, 2.05) is 0 Å². The third-order valence-electron chi connectivity index (χ3n) is 2.27. The van der Waals surface area contributed by atoms with Crippen LogP contribution in [0.25, 0.3) is 11.3 Å². The van der Waals surface area contributed by atoms with Gasteiger partial charge in [0.25, 0.3) is 5.69 Å². The van der Waals surface area contributed by atoms with Gasteiger partial charge in [0, 0.05) is 0 Å². The zero-order valence-corrected chi connectivity index (χ0v) is 9.55. The second kappa shape index (κ2) is 4.50. The van der Waals surface area contributed by atoms with Crippen molar-refractivity contribution in [3.05, 3.63) is 45.2 Å². The Bertz CT molecular complexity index is 634. The first kappa shape index (κ1) is 12.1. The van der Waals surface area contributed by atoms with Crippen LogP contribution in [0.2, 0.25) is 5.02 Å². The summed E-state index contributed by atoms with van der Waals surface area (Å²) in [7, 11) is 0. The van der Waals surface area contributed by atoms with Gasteiger partial charge in [0.05, 0.1) is 16.6 Å². The molecule has 0 unspecified atom stereocenters. The standard InChI is InChI=1S/C11H6ClNO5/c12-8-3-7(10(15)4-9(8)13(16)17)11-2-1-6(5-14)18-11/h1-5,15H. The number of carbonyl (C=O) groups is 1. The maximum absolute atomic E-state index is 10.6. The SMILES string of the molecule is O=Cc1ccc(-c2cc(Cl)c([N+](=O)[O-])cc2O)o1. The molecule has 92 valence electrons. The summed E-state index contributed by atoms with van der Waals surface area (Å²) < 4.78 is 5.10. The number of hydrogen-bond acceptors (Lipinski definition) is 5. The molecular formula is C11H6ClNO5. The maximum atomic E-state index is 10.6. The van der Waals surface area contributed by atoms with Crippen molar-refractivity contribution in [1.82, 2.24) is 0 Å². The maximum Gasteiger partial charge on any atom is 0.291 e. The summed E-state index contributed by atoms with van der Waals surface area (Å²) in [5, 5.41) is 20.2. The first-order valence-corrected chi connectivity index (χ1v) is 5.13. The van der Waals surface area contributed by atoms with E-state index in [1.165, 1.54) is 18.2 Å². The number of benzene rings is 1. The number of aldehydes is 1. The van der Waals surface area contributed by atoms with Crippen molar-refractivity contribution in [2.75, 3.05) is 0 Å². The normalized spacial score (nSPS) is 10.3. The van der Waals surface area contributed by atoms with Crippen molar-refractivity contribution in [1.29, 1.82) is 0 Å². The average molecular weight is 268 g/mol. The Hall–Kier alpha value is -2.34. The Balaban J connectivity index is 2.55. The van der Waals surface area contributed by atoms with Crippen LogP contribution >= 0.6 is 11.6 Å². The van der Waals surface area contributed by atoms with E-state index in [0.29, 0.717) is 6.29 Å². The fourth-order valence-electron chi connectivity index (χ4n) is 1.45. The Morgan fingerprint density at radius 3 is 2.67 bits per heavy atom. The smallest absolute Gasteiger partial charge is 0.291 e. The third kappa shape index (κ3) is 2.05. The van der Waals surface area contributed by atoms with Gasteiger partial charge in [0.1, 0.15) is 16.5 Å². The number of nitro groups is 1. The largest absolute Gasteiger partial charge is 0.507 e. The van der Waals surface area contributed by atoms with Crippen LogP contribution in [0.4, 0.5) is 5.69 Å². The minimum Gasteiger partial charge on any atom is -0.507 e. The molecule has 0 aliphatic carbocycles. The fraction of sp³-hybridized carbons (Fsp3) is 0. The van der Waals surface area contributed by atoms with Gasteiger partial charge >= 0.3 is 0 Å². The number of carbonyl (C=O) groups excluding carboxylic acids is 1. The molecule has 0 spiro atoms. The summed E-state index contributed by atoms with van der Waals surface area (Å²) in [6.45, 7) is 0. The first-order chi connectivity index (χ1) is 8.52. The number of hydrogen-bond donors (Lipinski definition) is 1. The molecule has 1 aromatic heterocycles. The van der Waals surface area contributed by atoms with Crippen LogP contribution in [-0.4, -0.2) is 16.3 Å². The molecule has 0 aliphatic heterocycles. The zero-order chi connectivity index (χ0) is 13.3. The summed E-state index contributed by atoms with van der Waals surface area (Å²) in [6, 6.07) is 5.02. The van der Waals surface area contributed by atoms with E-state index >= 15 is 0 Å². The van der Waals surface area contributed by atoms with E-state index in [4.69, 9.17) is 16.0 Å². The van der Waals surface area contributed by atoms with Gasteiger partial charge in [0.2, 0.25) is 0 Å². The lowest BCUT2D eigenvalue weighted by molar-refractivity contribution is -0.384. The highest BCUT2D eigenvalue weighted by Gasteiger charge is 2.19. The topological polar surface area (TPSA) is 93.6 Å². The predicted molar refractivity (Wildman–Crippen MR) is 62.9 cm³/mol. The second-order valence-electron chi connectivity index (χ2n) is 3.40. The lowest BCUT2D eigenvalue weighted by Crippen LogP contribution is -1.90. The van der Waals surface area contributed by atoms with E-state index in [9.17, 15) is 20.0 Å². The van der Waals surface area contributed by atoms with Gasteiger partial charge in [-0.25, -0.2) is 0 Å². The molecule has 0 amide bonds. The third-order valence-corrected chi connectivity index (χ3v) is 2.57. The van der Waals surface area contributed by atoms with Crippen molar-refractivity contribution in [2.24, 2.45) is 0 Å². The number of rotatable bonds is 3. The zero-order valence-electron chi connectivity index (χ0n) is 8.79. The van der Waals surface area contributed by atoms with E-state index in [2.05, 4.69) is 0 Å². The molecule has 0 fully saturated rings. The van der Waals surface area contributed by atoms with E-state index < -0.39 is 10.6 Å². The molecular weight excluding hydrogens is 262 g/mol. The van der Waals surface area contributed by atoms with Gasteiger partial charge in [-0.2, -0.15) is 0 Å². The lowest BCUT2D eigenvalue weighted by Gasteiger charge is -2.02.